The number of aromatic nitrogens is 2. The summed E-state index contributed by atoms with van der Waals surface area (Å²) in [5, 5.41) is 2.66. The van der Waals surface area contributed by atoms with Crippen LogP contribution in [-0.2, 0) is 6.18 Å². The van der Waals surface area contributed by atoms with E-state index in [4.69, 9.17) is 4.74 Å². The smallest absolute Gasteiger partial charge is 0.417 e. The van der Waals surface area contributed by atoms with Gasteiger partial charge in [0.15, 0.2) is 11.1 Å². The molecule has 0 amide bonds. The highest BCUT2D eigenvalue weighted by Crippen LogP contribution is 2.36. The van der Waals surface area contributed by atoms with Crippen molar-refractivity contribution >= 4 is 16.9 Å². The highest BCUT2D eigenvalue weighted by Gasteiger charge is 2.36. The number of alkyl halides is 3. The summed E-state index contributed by atoms with van der Waals surface area (Å²) in [6.07, 6.45) is 2.81. The predicted octanol–water partition coefficient (Wildman–Crippen LogP) is 5.45. The first-order chi connectivity index (χ1) is 14.9. The van der Waals surface area contributed by atoms with Crippen molar-refractivity contribution in [2.75, 3.05) is 11.9 Å². The van der Waals surface area contributed by atoms with Gasteiger partial charge in [0.25, 0.3) is 0 Å². The van der Waals surface area contributed by atoms with Crippen LogP contribution in [0.5, 0.6) is 5.88 Å². The molecule has 3 aromatic rings. The van der Waals surface area contributed by atoms with E-state index in [1.54, 1.807) is 37.3 Å². The molecule has 1 aliphatic carbocycles. The lowest BCUT2D eigenvalue weighted by molar-refractivity contribution is -0.136. The van der Waals surface area contributed by atoms with Crippen molar-refractivity contribution in [3.63, 3.8) is 0 Å². The van der Waals surface area contributed by atoms with Gasteiger partial charge >= 0.3 is 6.18 Å². The molecule has 0 unspecified atom stereocenters. The Labute approximate surface area is 176 Å². The van der Waals surface area contributed by atoms with Gasteiger partial charge in [0.05, 0.1) is 17.6 Å². The zero-order valence-electron chi connectivity index (χ0n) is 16.7. The zero-order valence-corrected chi connectivity index (χ0v) is 16.7. The number of nitrogens with one attached hydrogen (secondary N) is 1. The first kappa shape index (κ1) is 20.7. The van der Waals surface area contributed by atoms with E-state index in [0.717, 1.165) is 24.6 Å². The van der Waals surface area contributed by atoms with Crippen molar-refractivity contribution in [2.45, 2.75) is 25.9 Å². The van der Waals surface area contributed by atoms with E-state index in [2.05, 4.69) is 10.3 Å². The molecular weight excluding hydrogens is 407 g/mol. The number of allylic oxidation sites excluding steroid dienone is 3. The van der Waals surface area contributed by atoms with Gasteiger partial charge in [-0.05, 0) is 38.0 Å². The van der Waals surface area contributed by atoms with E-state index in [9.17, 15) is 18.0 Å². The highest BCUT2D eigenvalue weighted by atomic mass is 19.4. The van der Waals surface area contributed by atoms with Crippen molar-refractivity contribution in [2.24, 2.45) is 0 Å². The summed E-state index contributed by atoms with van der Waals surface area (Å²) < 4.78 is 48.4. The number of nitrogens with zero attached hydrogens (tertiary/aromatic N) is 2. The maximum atomic E-state index is 13.9. The Morgan fingerprint density at radius 2 is 1.94 bits per heavy atom. The van der Waals surface area contributed by atoms with Gasteiger partial charge in [-0.25, -0.2) is 0 Å². The molecule has 31 heavy (non-hydrogen) atoms. The molecular formula is C23H20F3N3O2. The molecule has 0 bridgehead atoms. The molecule has 5 nitrogen and oxygen atoms in total. The molecule has 0 fully saturated rings. The van der Waals surface area contributed by atoms with Gasteiger partial charge in [0, 0.05) is 23.5 Å². The number of halogens is 3. The second-order valence-electron chi connectivity index (χ2n) is 6.97. The third-order valence-electron chi connectivity index (χ3n) is 4.82. The van der Waals surface area contributed by atoms with Crippen LogP contribution in [0.3, 0.4) is 0 Å². The lowest BCUT2D eigenvalue weighted by Gasteiger charge is -2.21. The third kappa shape index (κ3) is 4.19. The molecule has 8 heteroatoms. The summed E-state index contributed by atoms with van der Waals surface area (Å²) >= 11 is 0. The number of benzene rings is 1. The number of ether oxygens (including phenoxy) is 1. The molecule has 160 valence electrons. The number of rotatable bonds is 5. The standard InChI is InChI=1S/C23H20F3N3O2/c1-2-31-20-13-17(23(24,25)26)21-18(30)14-19(27-15-9-5-3-6-10-15)29(22(21)28-20)16-11-7-4-8-12-16/h4-5,7-14,27H,2-3,6H2,1H3. The van der Waals surface area contributed by atoms with Crippen LogP contribution >= 0.6 is 0 Å². The Morgan fingerprint density at radius 3 is 2.58 bits per heavy atom. The second-order valence-corrected chi connectivity index (χ2v) is 6.97. The molecule has 2 aromatic heterocycles. The number of fused-ring (bicyclic) bond motifs is 1. The van der Waals surface area contributed by atoms with Gasteiger partial charge < -0.3 is 10.1 Å². The fourth-order valence-corrected chi connectivity index (χ4v) is 3.52. The lowest BCUT2D eigenvalue weighted by atomic mass is 10.1. The van der Waals surface area contributed by atoms with Gasteiger partial charge in [-0.2, -0.15) is 18.2 Å². The number of para-hydroxylation sites is 1. The molecule has 0 spiro atoms. The summed E-state index contributed by atoms with van der Waals surface area (Å²) in [7, 11) is 0. The van der Waals surface area contributed by atoms with Gasteiger partial charge in [-0.1, -0.05) is 30.4 Å². The minimum Gasteiger partial charge on any atom is -0.478 e. The fraction of sp³-hybridized carbons (Fsp3) is 0.217. The van der Waals surface area contributed by atoms with Crippen molar-refractivity contribution < 1.29 is 17.9 Å². The van der Waals surface area contributed by atoms with E-state index >= 15 is 0 Å². The number of hydrogen-bond acceptors (Lipinski definition) is 4. The molecule has 0 atom stereocenters. The number of hydrogen-bond donors (Lipinski definition) is 1. The Bertz CT molecular complexity index is 1230. The minimum absolute atomic E-state index is 0.125. The van der Waals surface area contributed by atoms with Crippen LogP contribution in [0.2, 0.25) is 0 Å². The van der Waals surface area contributed by atoms with Crippen molar-refractivity contribution in [1.29, 1.82) is 0 Å². The maximum Gasteiger partial charge on any atom is 0.417 e. The Balaban J connectivity index is 2.08. The van der Waals surface area contributed by atoms with Crippen LogP contribution < -0.4 is 15.5 Å². The summed E-state index contributed by atoms with van der Waals surface area (Å²) in [6.45, 7) is 1.80. The molecule has 0 saturated carbocycles. The quantitative estimate of drug-likeness (QED) is 0.588. The van der Waals surface area contributed by atoms with Crippen molar-refractivity contribution in [3.05, 3.63) is 82.2 Å². The van der Waals surface area contributed by atoms with Crippen molar-refractivity contribution in [3.8, 4) is 11.6 Å². The molecule has 0 aliphatic heterocycles. The largest absolute Gasteiger partial charge is 0.478 e. The summed E-state index contributed by atoms with van der Waals surface area (Å²) in [4.78, 5) is 17.2. The summed E-state index contributed by atoms with van der Waals surface area (Å²) in [5.74, 6) is 0.121. The first-order valence-corrected chi connectivity index (χ1v) is 9.88. The average molecular weight is 427 g/mol. The molecule has 0 saturated heterocycles. The predicted molar refractivity (Wildman–Crippen MR) is 114 cm³/mol. The van der Waals surface area contributed by atoms with E-state index < -0.39 is 22.6 Å². The minimum atomic E-state index is -4.75. The normalized spacial score (nSPS) is 13.9. The van der Waals surface area contributed by atoms with E-state index in [1.807, 2.05) is 18.2 Å². The van der Waals surface area contributed by atoms with Crippen LogP contribution in [0.25, 0.3) is 16.7 Å². The Hall–Kier alpha value is -3.55. The molecule has 1 aromatic carbocycles. The van der Waals surface area contributed by atoms with Gasteiger partial charge in [-0.15, -0.1) is 0 Å². The zero-order chi connectivity index (χ0) is 22.0. The van der Waals surface area contributed by atoms with Gasteiger partial charge in [0.1, 0.15) is 5.82 Å². The van der Waals surface area contributed by atoms with Gasteiger partial charge in [-0.3, -0.25) is 9.36 Å². The summed E-state index contributed by atoms with van der Waals surface area (Å²) in [6, 6.07) is 10.8. The Morgan fingerprint density at radius 1 is 1.16 bits per heavy atom. The highest BCUT2D eigenvalue weighted by molar-refractivity contribution is 5.84. The molecule has 2 heterocycles. The van der Waals surface area contributed by atoms with Crippen LogP contribution in [0.1, 0.15) is 25.3 Å². The van der Waals surface area contributed by atoms with E-state index in [-0.39, 0.29) is 18.1 Å². The lowest BCUT2D eigenvalue weighted by Crippen LogP contribution is -2.19. The van der Waals surface area contributed by atoms with Crippen molar-refractivity contribution in [1.82, 2.24) is 9.55 Å². The third-order valence-corrected chi connectivity index (χ3v) is 4.82. The Kier molecular flexibility index (Phi) is 5.54. The van der Waals surface area contributed by atoms with Crippen LogP contribution in [-0.4, -0.2) is 16.2 Å². The van der Waals surface area contributed by atoms with Crippen LogP contribution in [0.4, 0.5) is 19.0 Å². The fourth-order valence-electron chi connectivity index (χ4n) is 3.52. The second kappa shape index (κ2) is 8.29. The molecule has 4 rings (SSSR count). The number of anilines is 1. The van der Waals surface area contributed by atoms with E-state index in [0.29, 0.717) is 11.5 Å². The maximum absolute atomic E-state index is 13.9. The molecule has 1 aliphatic rings. The number of pyridine rings is 2. The van der Waals surface area contributed by atoms with E-state index in [1.165, 1.54) is 10.6 Å². The topological polar surface area (TPSA) is 56.1 Å². The van der Waals surface area contributed by atoms with Gasteiger partial charge in [0.2, 0.25) is 5.88 Å². The van der Waals surface area contributed by atoms with Crippen LogP contribution in [0.15, 0.2) is 71.2 Å². The summed E-state index contributed by atoms with van der Waals surface area (Å²) in [5.41, 5.74) is -0.650. The first-order valence-electron chi connectivity index (χ1n) is 9.88. The monoisotopic (exact) mass is 427 g/mol. The molecule has 1 N–H and O–H groups in total. The SMILES string of the molecule is CCOc1cc(C(F)(F)F)c2c(=O)cc(NC3=CCCC=C3)n(-c3ccccc3)c2n1. The van der Waals surface area contributed by atoms with Crippen LogP contribution in [0, 0.1) is 0 Å². The molecule has 0 radical (unpaired) electrons. The average Bonchev–Trinajstić information content (AvgIpc) is 2.74.